The highest BCUT2D eigenvalue weighted by molar-refractivity contribution is 7.09. The van der Waals surface area contributed by atoms with E-state index in [9.17, 15) is 9.18 Å². The Balaban J connectivity index is 1.71. The van der Waals surface area contributed by atoms with E-state index in [0.717, 1.165) is 10.6 Å². The number of alkyl carbamates (subject to hydrolysis) is 1. The van der Waals surface area contributed by atoms with Crippen LogP contribution in [-0.2, 0) is 11.3 Å². The predicted molar refractivity (Wildman–Crippen MR) is 75.1 cm³/mol. The van der Waals surface area contributed by atoms with Crippen LogP contribution in [0.3, 0.4) is 0 Å². The monoisotopic (exact) mass is 294 g/mol. The van der Waals surface area contributed by atoms with Crippen molar-refractivity contribution in [2.75, 3.05) is 6.54 Å². The van der Waals surface area contributed by atoms with Gasteiger partial charge in [-0.25, -0.2) is 14.2 Å². The SMILES string of the molecule is CC(CNC(=O)OCc1ccc(F)cc1)c1nccs1. The molecule has 0 aliphatic heterocycles. The standard InChI is InChI=1S/C14H15FN2O2S/c1-10(13-16-6-7-20-13)8-17-14(18)19-9-11-2-4-12(15)5-3-11/h2-7,10H,8-9H2,1H3,(H,17,18). The minimum Gasteiger partial charge on any atom is -0.445 e. The second kappa shape index (κ2) is 7.00. The van der Waals surface area contributed by atoms with E-state index in [0.29, 0.717) is 6.54 Å². The lowest BCUT2D eigenvalue weighted by molar-refractivity contribution is 0.139. The van der Waals surface area contributed by atoms with Crippen LogP contribution in [0.5, 0.6) is 0 Å². The van der Waals surface area contributed by atoms with Gasteiger partial charge in [-0.3, -0.25) is 0 Å². The molecule has 0 bridgehead atoms. The molecule has 0 spiro atoms. The minimum absolute atomic E-state index is 0.123. The number of amides is 1. The van der Waals surface area contributed by atoms with E-state index >= 15 is 0 Å². The van der Waals surface area contributed by atoms with Gasteiger partial charge in [0.05, 0.1) is 5.01 Å². The molecule has 1 aromatic carbocycles. The average molecular weight is 294 g/mol. The Kier molecular flexibility index (Phi) is 5.06. The molecule has 0 aliphatic carbocycles. The van der Waals surface area contributed by atoms with E-state index in [1.54, 1.807) is 29.7 Å². The smallest absolute Gasteiger partial charge is 0.407 e. The van der Waals surface area contributed by atoms with Crippen molar-refractivity contribution in [2.24, 2.45) is 0 Å². The molecule has 2 rings (SSSR count). The summed E-state index contributed by atoms with van der Waals surface area (Å²) in [6, 6.07) is 5.84. The first-order valence-electron chi connectivity index (χ1n) is 6.19. The largest absolute Gasteiger partial charge is 0.445 e. The summed E-state index contributed by atoms with van der Waals surface area (Å²) in [6.45, 7) is 2.58. The number of nitrogens with zero attached hydrogens (tertiary/aromatic N) is 1. The fourth-order valence-electron chi connectivity index (χ4n) is 1.58. The number of rotatable bonds is 5. The second-order valence-corrected chi connectivity index (χ2v) is 5.28. The quantitative estimate of drug-likeness (QED) is 0.920. The summed E-state index contributed by atoms with van der Waals surface area (Å²) >= 11 is 1.56. The van der Waals surface area contributed by atoms with Crippen LogP contribution in [0.15, 0.2) is 35.8 Å². The third kappa shape index (κ3) is 4.31. The molecule has 0 aliphatic rings. The summed E-state index contributed by atoms with van der Waals surface area (Å²) in [5.41, 5.74) is 0.745. The lowest BCUT2D eigenvalue weighted by Gasteiger charge is -2.10. The van der Waals surface area contributed by atoms with Crippen molar-refractivity contribution in [3.63, 3.8) is 0 Å². The Morgan fingerprint density at radius 3 is 2.85 bits per heavy atom. The molecule has 106 valence electrons. The average Bonchev–Trinajstić information content (AvgIpc) is 2.98. The van der Waals surface area contributed by atoms with Crippen LogP contribution in [0.25, 0.3) is 0 Å². The Labute approximate surface area is 120 Å². The molecule has 1 unspecified atom stereocenters. The highest BCUT2D eigenvalue weighted by Crippen LogP contribution is 2.16. The Bertz CT molecular complexity index is 543. The van der Waals surface area contributed by atoms with Gasteiger partial charge < -0.3 is 10.1 Å². The lowest BCUT2D eigenvalue weighted by Crippen LogP contribution is -2.28. The first kappa shape index (κ1) is 14.5. The molecule has 4 nitrogen and oxygen atoms in total. The fraction of sp³-hybridized carbons (Fsp3) is 0.286. The van der Waals surface area contributed by atoms with Crippen molar-refractivity contribution in [3.05, 3.63) is 52.2 Å². The van der Waals surface area contributed by atoms with Gasteiger partial charge in [0.25, 0.3) is 0 Å². The molecule has 1 amide bonds. The highest BCUT2D eigenvalue weighted by Gasteiger charge is 2.10. The second-order valence-electron chi connectivity index (χ2n) is 4.35. The van der Waals surface area contributed by atoms with Crippen LogP contribution in [0.2, 0.25) is 0 Å². The van der Waals surface area contributed by atoms with E-state index in [2.05, 4.69) is 10.3 Å². The molecule has 0 saturated carbocycles. The first-order valence-corrected chi connectivity index (χ1v) is 7.07. The number of nitrogens with one attached hydrogen (secondary N) is 1. The van der Waals surface area contributed by atoms with E-state index < -0.39 is 6.09 Å². The maximum atomic E-state index is 12.7. The van der Waals surface area contributed by atoms with Gasteiger partial charge in [-0.05, 0) is 17.7 Å². The van der Waals surface area contributed by atoms with Crippen molar-refractivity contribution < 1.29 is 13.9 Å². The van der Waals surface area contributed by atoms with Gasteiger partial charge in [-0.2, -0.15) is 0 Å². The Morgan fingerprint density at radius 2 is 2.20 bits per heavy atom. The fourth-order valence-corrected chi connectivity index (χ4v) is 2.28. The summed E-state index contributed by atoms with van der Waals surface area (Å²) < 4.78 is 17.8. The van der Waals surface area contributed by atoms with E-state index in [4.69, 9.17) is 4.74 Å². The van der Waals surface area contributed by atoms with Crippen LogP contribution < -0.4 is 5.32 Å². The maximum Gasteiger partial charge on any atom is 0.407 e. The summed E-state index contributed by atoms with van der Waals surface area (Å²) in [4.78, 5) is 15.7. The Hall–Kier alpha value is -1.95. The van der Waals surface area contributed by atoms with Crippen molar-refractivity contribution in [1.82, 2.24) is 10.3 Å². The summed E-state index contributed by atoms with van der Waals surface area (Å²) in [7, 11) is 0. The third-order valence-corrected chi connectivity index (χ3v) is 3.72. The van der Waals surface area contributed by atoms with Gasteiger partial charge in [0.15, 0.2) is 0 Å². The number of hydrogen-bond donors (Lipinski definition) is 1. The molecule has 0 radical (unpaired) electrons. The van der Waals surface area contributed by atoms with Crippen LogP contribution in [-0.4, -0.2) is 17.6 Å². The molecule has 1 N–H and O–H groups in total. The molecule has 0 fully saturated rings. The van der Waals surface area contributed by atoms with Gasteiger partial charge in [-0.1, -0.05) is 19.1 Å². The molecule has 0 saturated heterocycles. The van der Waals surface area contributed by atoms with Crippen molar-refractivity contribution >= 4 is 17.4 Å². The molecule has 1 atom stereocenters. The zero-order chi connectivity index (χ0) is 14.4. The summed E-state index contributed by atoms with van der Waals surface area (Å²) in [6.07, 6.45) is 1.25. The molecule has 6 heteroatoms. The topological polar surface area (TPSA) is 51.2 Å². The normalized spacial score (nSPS) is 11.9. The van der Waals surface area contributed by atoms with Crippen LogP contribution >= 0.6 is 11.3 Å². The predicted octanol–water partition coefficient (Wildman–Crippen LogP) is 3.31. The van der Waals surface area contributed by atoms with Crippen molar-refractivity contribution in [2.45, 2.75) is 19.4 Å². The van der Waals surface area contributed by atoms with Gasteiger partial charge in [0, 0.05) is 24.0 Å². The molecular formula is C14H15FN2O2S. The van der Waals surface area contributed by atoms with Crippen LogP contribution in [0, 0.1) is 5.82 Å². The molecule has 2 aromatic rings. The van der Waals surface area contributed by atoms with Gasteiger partial charge in [0.2, 0.25) is 0 Å². The van der Waals surface area contributed by atoms with Gasteiger partial charge in [-0.15, -0.1) is 11.3 Å². The lowest BCUT2D eigenvalue weighted by atomic mass is 10.2. The third-order valence-electron chi connectivity index (χ3n) is 2.71. The van der Waals surface area contributed by atoms with Gasteiger partial charge >= 0.3 is 6.09 Å². The molecule has 1 heterocycles. The van der Waals surface area contributed by atoms with E-state index in [1.807, 2.05) is 12.3 Å². The zero-order valence-electron chi connectivity index (χ0n) is 11.0. The number of benzene rings is 1. The van der Waals surface area contributed by atoms with E-state index in [1.165, 1.54) is 12.1 Å². The summed E-state index contributed by atoms with van der Waals surface area (Å²) in [5.74, 6) is -0.163. The van der Waals surface area contributed by atoms with Crippen molar-refractivity contribution in [3.8, 4) is 0 Å². The number of halogens is 1. The van der Waals surface area contributed by atoms with Crippen LogP contribution in [0.4, 0.5) is 9.18 Å². The number of carbonyl (C=O) groups excluding carboxylic acids is 1. The minimum atomic E-state index is -0.488. The molecule has 20 heavy (non-hydrogen) atoms. The first-order chi connectivity index (χ1) is 9.65. The number of thiazole rings is 1. The Morgan fingerprint density at radius 1 is 1.45 bits per heavy atom. The van der Waals surface area contributed by atoms with E-state index in [-0.39, 0.29) is 18.3 Å². The number of ether oxygens (including phenoxy) is 1. The highest BCUT2D eigenvalue weighted by atomic mass is 32.1. The van der Waals surface area contributed by atoms with Crippen LogP contribution in [0.1, 0.15) is 23.4 Å². The molecular weight excluding hydrogens is 279 g/mol. The maximum absolute atomic E-state index is 12.7. The number of aromatic nitrogens is 1. The number of hydrogen-bond acceptors (Lipinski definition) is 4. The van der Waals surface area contributed by atoms with Crippen molar-refractivity contribution in [1.29, 1.82) is 0 Å². The number of carbonyl (C=O) groups is 1. The van der Waals surface area contributed by atoms with Gasteiger partial charge in [0.1, 0.15) is 12.4 Å². The summed E-state index contributed by atoms with van der Waals surface area (Å²) in [5, 5.41) is 5.56. The molecule has 1 aromatic heterocycles. The zero-order valence-corrected chi connectivity index (χ0v) is 11.8.